The van der Waals surface area contributed by atoms with Gasteiger partial charge in [-0.15, -0.1) is 11.6 Å². The third kappa shape index (κ3) is 3.01. The van der Waals surface area contributed by atoms with Crippen LogP contribution in [0.4, 0.5) is 0 Å². The Morgan fingerprint density at radius 2 is 2.46 bits per heavy atom. The fourth-order valence-corrected chi connectivity index (χ4v) is 1.10. The van der Waals surface area contributed by atoms with Crippen molar-refractivity contribution < 1.29 is 9.15 Å². The van der Waals surface area contributed by atoms with E-state index >= 15 is 0 Å². The summed E-state index contributed by atoms with van der Waals surface area (Å²) in [7, 11) is 1.64. The molecule has 0 aromatic carbocycles. The molecule has 0 saturated heterocycles. The standard InChI is InChI=1S/C9H14ClNO2/c1-7(12-2)8-6-11-9(13-8)4-3-5-10/h6-7H,3-5H2,1-2H3. The van der Waals surface area contributed by atoms with E-state index in [0.29, 0.717) is 5.88 Å². The number of aryl methyl sites for hydroxylation is 1. The van der Waals surface area contributed by atoms with Crippen molar-refractivity contribution in [2.45, 2.75) is 25.9 Å². The van der Waals surface area contributed by atoms with Gasteiger partial charge in [0.1, 0.15) is 6.10 Å². The van der Waals surface area contributed by atoms with E-state index in [1.54, 1.807) is 13.3 Å². The molecule has 4 heteroatoms. The molecule has 0 aliphatic rings. The van der Waals surface area contributed by atoms with Gasteiger partial charge in [-0.2, -0.15) is 0 Å². The van der Waals surface area contributed by atoms with Crippen molar-refractivity contribution in [1.82, 2.24) is 4.98 Å². The molecular weight excluding hydrogens is 190 g/mol. The summed E-state index contributed by atoms with van der Waals surface area (Å²) in [6.45, 7) is 1.92. The fraction of sp³-hybridized carbons (Fsp3) is 0.667. The van der Waals surface area contributed by atoms with Crippen LogP contribution in [0.5, 0.6) is 0 Å². The van der Waals surface area contributed by atoms with Crippen LogP contribution in [0, 0.1) is 0 Å². The first kappa shape index (κ1) is 10.5. The van der Waals surface area contributed by atoms with Gasteiger partial charge in [-0.05, 0) is 13.3 Å². The second-order valence-corrected chi connectivity index (χ2v) is 3.20. The molecule has 0 aliphatic heterocycles. The van der Waals surface area contributed by atoms with Crippen LogP contribution in [0.2, 0.25) is 0 Å². The highest BCUT2D eigenvalue weighted by Crippen LogP contribution is 2.17. The average Bonchev–Trinajstić information content (AvgIpc) is 2.62. The Labute approximate surface area is 83.1 Å². The van der Waals surface area contributed by atoms with E-state index in [2.05, 4.69) is 4.98 Å². The molecule has 0 saturated carbocycles. The van der Waals surface area contributed by atoms with E-state index in [1.807, 2.05) is 6.92 Å². The molecule has 13 heavy (non-hydrogen) atoms. The third-order valence-electron chi connectivity index (χ3n) is 1.85. The first-order valence-electron chi connectivity index (χ1n) is 4.31. The molecule has 0 N–H and O–H groups in total. The van der Waals surface area contributed by atoms with Gasteiger partial charge in [0.2, 0.25) is 0 Å². The summed E-state index contributed by atoms with van der Waals surface area (Å²) < 4.78 is 10.5. The molecule has 1 aromatic rings. The summed E-state index contributed by atoms with van der Waals surface area (Å²) >= 11 is 5.55. The molecule has 74 valence electrons. The number of alkyl halides is 1. The van der Waals surface area contributed by atoms with Crippen molar-refractivity contribution in [3.63, 3.8) is 0 Å². The van der Waals surface area contributed by atoms with Crippen LogP contribution in [0.15, 0.2) is 10.6 Å². The number of aromatic nitrogens is 1. The smallest absolute Gasteiger partial charge is 0.194 e. The molecule has 1 rings (SSSR count). The molecule has 0 fully saturated rings. The number of hydrogen-bond acceptors (Lipinski definition) is 3. The number of rotatable bonds is 5. The number of methoxy groups -OCH3 is 1. The molecule has 0 spiro atoms. The highest BCUT2D eigenvalue weighted by Gasteiger charge is 2.09. The van der Waals surface area contributed by atoms with Gasteiger partial charge in [-0.1, -0.05) is 0 Å². The van der Waals surface area contributed by atoms with Crippen LogP contribution >= 0.6 is 11.6 Å². The monoisotopic (exact) mass is 203 g/mol. The molecular formula is C9H14ClNO2. The Balaban J connectivity index is 2.53. The molecule has 3 nitrogen and oxygen atoms in total. The van der Waals surface area contributed by atoms with Crippen molar-refractivity contribution in [3.8, 4) is 0 Å². The lowest BCUT2D eigenvalue weighted by Gasteiger charge is -2.03. The minimum absolute atomic E-state index is 0.0303. The maximum absolute atomic E-state index is 5.55. The van der Waals surface area contributed by atoms with Gasteiger partial charge >= 0.3 is 0 Å². The van der Waals surface area contributed by atoms with Gasteiger partial charge in [0.15, 0.2) is 11.7 Å². The van der Waals surface area contributed by atoms with Crippen molar-refractivity contribution in [1.29, 1.82) is 0 Å². The first-order valence-corrected chi connectivity index (χ1v) is 4.84. The van der Waals surface area contributed by atoms with Crippen molar-refractivity contribution in [3.05, 3.63) is 17.8 Å². The summed E-state index contributed by atoms with van der Waals surface area (Å²) in [5.74, 6) is 2.14. The van der Waals surface area contributed by atoms with Crippen LogP contribution in [0.25, 0.3) is 0 Å². The average molecular weight is 204 g/mol. The number of nitrogens with zero attached hydrogens (tertiary/aromatic N) is 1. The maximum Gasteiger partial charge on any atom is 0.194 e. The van der Waals surface area contributed by atoms with E-state index in [9.17, 15) is 0 Å². The van der Waals surface area contributed by atoms with E-state index in [1.165, 1.54) is 0 Å². The number of oxazole rings is 1. The first-order chi connectivity index (χ1) is 6.27. The predicted molar refractivity (Wildman–Crippen MR) is 51.0 cm³/mol. The quantitative estimate of drug-likeness (QED) is 0.690. The Morgan fingerprint density at radius 1 is 1.69 bits per heavy atom. The van der Waals surface area contributed by atoms with E-state index < -0.39 is 0 Å². The highest BCUT2D eigenvalue weighted by molar-refractivity contribution is 6.17. The minimum atomic E-state index is -0.0303. The van der Waals surface area contributed by atoms with E-state index in [-0.39, 0.29) is 6.10 Å². The van der Waals surface area contributed by atoms with Gasteiger partial charge in [-0.3, -0.25) is 0 Å². The molecule has 1 aromatic heterocycles. The number of ether oxygens (including phenoxy) is 1. The number of hydrogen-bond donors (Lipinski definition) is 0. The molecule has 0 amide bonds. The van der Waals surface area contributed by atoms with Gasteiger partial charge in [-0.25, -0.2) is 4.98 Å². The predicted octanol–water partition coefficient (Wildman–Crippen LogP) is 2.55. The summed E-state index contributed by atoms with van der Waals surface area (Å²) in [6, 6.07) is 0. The Kier molecular flexibility index (Phi) is 4.25. The minimum Gasteiger partial charge on any atom is -0.443 e. The van der Waals surface area contributed by atoms with Gasteiger partial charge in [0.25, 0.3) is 0 Å². The fourth-order valence-electron chi connectivity index (χ4n) is 0.962. The van der Waals surface area contributed by atoms with Crippen molar-refractivity contribution >= 4 is 11.6 Å². The lowest BCUT2D eigenvalue weighted by Crippen LogP contribution is -1.92. The summed E-state index contributed by atoms with van der Waals surface area (Å²) in [5, 5.41) is 0. The molecule has 0 aliphatic carbocycles. The summed E-state index contributed by atoms with van der Waals surface area (Å²) in [6.07, 6.45) is 3.36. The SMILES string of the molecule is COC(C)c1cnc(CCCCl)o1. The largest absolute Gasteiger partial charge is 0.443 e. The van der Waals surface area contributed by atoms with Crippen LogP contribution < -0.4 is 0 Å². The summed E-state index contributed by atoms with van der Waals surface area (Å²) in [4.78, 5) is 4.12. The Morgan fingerprint density at radius 3 is 3.08 bits per heavy atom. The van der Waals surface area contributed by atoms with Crippen molar-refractivity contribution in [2.75, 3.05) is 13.0 Å². The third-order valence-corrected chi connectivity index (χ3v) is 2.12. The molecule has 1 atom stereocenters. The van der Waals surface area contributed by atoms with Crippen LogP contribution in [0.1, 0.15) is 31.1 Å². The van der Waals surface area contributed by atoms with Gasteiger partial charge in [0.05, 0.1) is 6.20 Å². The van der Waals surface area contributed by atoms with E-state index in [0.717, 1.165) is 24.5 Å². The molecule has 1 heterocycles. The zero-order valence-electron chi connectivity index (χ0n) is 7.92. The molecule has 0 bridgehead atoms. The summed E-state index contributed by atoms with van der Waals surface area (Å²) in [5.41, 5.74) is 0. The van der Waals surface area contributed by atoms with Gasteiger partial charge in [0, 0.05) is 19.4 Å². The second-order valence-electron chi connectivity index (χ2n) is 2.83. The van der Waals surface area contributed by atoms with Crippen LogP contribution in [0.3, 0.4) is 0 Å². The van der Waals surface area contributed by atoms with E-state index in [4.69, 9.17) is 20.8 Å². The van der Waals surface area contributed by atoms with Crippen LogP contribution in [-0.2, 0) is 11.2 Å². The van der Waals surface area contributed by atoms with Gasteiger partial charge < -0.3 is 9.15 Å². The second kappa shape index (κ2) is 5.25. The Hall–Kier alpha value is -0.540. The maximum atomic E-state index is 5.55. The normalized spacial score (nSPS) is 13.2. The zero-order valence-corrected chi connectivity index (χ0v) is 8.67. The van der Waals surface area contributed by atoms with Crippen molar-refractivity contribution in [2.24, 2.45) is 0 Å². The Bertz CT molecular complexity index is 250. The number of halogens is 1. The highest BCUT2D eigenvalue weighted by atomic mass is 35.5. The lowest BCUT2D eigenvalue weighted by atomic mass is 10.3. The zero-order chi connectivity index (χ0) is 9.68. The topological polar surface area (TPSA) is 35.3 Å². The molecule has 0 radical (unpaired) electrons. The lowest BCUT2D eigenvalue weighted by molar-refractivity contribution is 0.0983. The molecule has 1 unspecified atom stereocenters. The van der Waals surface area contributed by atoms with Crippen LogP contribution in [-0.4, -0.2) is 18.0 Å².